The topological polar surface area (TPSA) is 64.7 Å². The second-order valence-corrected chi connectivity index (χ2v) is 6.01. The first-order valence-electron chi connectivity index (χ1n) is 6.95. The Hall–Kier alpha value is -1.46. The molecule has 0 amide bonds. The highest BCUT2D eigenvalue weighted by Crippen LogP contribution is 2.30. The third kappa shape index (κ3) is 2.83. The quantitative estimate of drug-likeness (QED) is 0.879. The van der Waals surface area contributed by atoms with Crippen LogP contribution in [0.3, 0.4) is 0 Å². The van der Waals surface area contributed by atoms with Gasteiger partial charge in [0.05, 0.1) is 0 Å². The molecule has 2 aromatic rings. The summed E-state index contributed by atoms with van der Waals surface area (Å²) in [6, 6.07) is 4.12. The maximum atomic E-state index is 5.87. The average molecular weight is 286 g/mol. The Labute approximate surface area is 123 Å². The van der Waals surface area contributed by atoms with E-state index in [1.165, 1.54) is 35.9 Å². The zero-order chi connectivity index (χ0) is 13.9. The lowest BCUT2D eigenvalue weighted by Crippen LogP contribution is -2.10. The molecule has 0 atom stereocenters. The molecule has 3 rings (SSSR count). The van der Waals surface area contributed by atoms with Gasteiger partial charge in [-0.05, 0) is 61.6 Å². The van der Waals surface area contributed by atoms with Crippen LogP contribution in [-0.4, -0.2) is 15.0 Å². The lowest BCUT2D eigenvalue weighted by molar-refractivity contribution is 0.656. The summed E-state index contributed by atoms with van der Waals surface area (Å²) in [5, 5.41) is 1.70. The average Bonchev–Trinajstić information content (AvgIpc) is 2.46. The number of nitrogens with two attached hydrogens (primary N) is 1. The van der Waals surface area contributed by atoms with Gasteiger partial charge in [-0.15, -0.1) is 0 Å². The van der Waals surface area contributed by atoms with Gasteiger partial charge in [-0.2, -0.15) is 0 Å². The van der Waals surface area contributed by atoms with Crippen molar-refractivity contribution in [3.8, 4) is 0 Å². The number of hydrogen-bond donors (Lipinski definition) is 1. The van der Waals surface area contributed by atoms with Crippen LogP contribution in [0.4, 0.5) is 0 Å². The van der Waals surface area contributed by atoms with E-state index in [9.17, 15) is 0 Å². The maximum Gasteiger partial charge on any atom is 0.194 e. The van der Waals surface area contributed by atoms with Gasteiger partial charge in [0.1, 0.15) is 5.03 Å². The van der Waals surface area contributed by atoms with Crippen molar-refractivity contribution in [2.24, 2.45) is 5.73 Å². The van der Waals surface area contributed by atoms with Gasteiger partial charge in [-0.3, -0.25) is 0 Å². The van der Waals surface area contributed by atoms with Crippen molar-refractivity contribution in [2.45, 2.75) is 49.3 Å². The molecule has 0 saturated heterocycles. The highest BCUT2D eigenvalue weighted by molar-refractivity contribution is 7.99. The van der Waals surface area contributed by atoms with Gasteiger partial charge in [-0.25, -0.2) is 15.0 Å². The molecule has 0 aromatic carbocycles. The summed E-state index contributed by atoms with van der Waals surface area (Å²) in [6.45, 7) is 2.48. The predicted molar refractivity (Wildman–Crippen MR) is 79.7 cm³/mol. The Morgan fingerprint density at radius 1 is 1.25 bits per heavy atom. The molecular formula is C15H18N4S. The summed E-state index contributed by atoms with van der Waals surface area (Å²) < 4.78 is 0. The normalized spacial score (nSPS) is 14.1. The highest BCUT2D eigenvalue weighted by atomic mass is 32.2. The van der Waals surface area contributed by atoms with Crippen LogP contribution in [0, 0.1) is 6.92 Å². The summed E-state index contributed by atoms with van der Waals surface area (Å²) in [4.78, 5) is 13.5. The van der Waals surface area contributed by atoms with Crippen LogP contribution in [0.25, 0.3) is 0 Å². The Balaban J connectivity index is 1.95. The van der Waals surface area contributed by atoms with E-state index >= 15 is 0 Å². The van der Waals surface area contributed by atoms with Gasteiger partial charge < -0.3 is 5.73 Å². The maximum absolute atomic E-state index is 5.87. The Bertz CT molecular complexity index is 627. The summed E-state index contributed by atoms with van der Waals surface area (Å²) in [5.41, 5.74) is 10.5. The number of hydrogen-bond acceptors (Lipinski definition) is 5. The fourth-order valence-electron chi connectivity index (χ4n) is 2.46. The monoisotopic (exact) mass is 286 g/mol. The second kappa shape index (κ2) is 5.89. The highest BCUT2D eigenvalue weighted by Gasteiger charge is 2.16. The number of aryl methyl sites for hydroxylation is 3. The number of pyridine rings is 1. The molecule has 2 aromatic heterocycles. The summed E-state index contributed by atoms with van der Waals surface area (Å²) in [7, 11) is 0. The van der Waals surface area contributed by atoms with E-state index in [2.05, 4.69) is 16.0 Å². The molecule has 0 spiro atoms. The molecular weight excluding hydrogens is 268 g/mol. The minimum Gasteiger partial charge on any atom is -0.326 e. The Kier molecular flexibility index (Phi) is 3.98. The van der Waals surface area contributed by atoms with Crippen LogP contribution in [-0.2, 0) is 19.4 Å². The zero-order valence-electron chi connectivity index (χ0n) is 11.6. The van der Waals surface area contributed by atoms with Crippen LogP contribution in [0.5, 0.6) is 0 Å². The van der Waals surface area contributed by atoms with Crippen molar-refractivity contribution in [1.29, 1.82) is 0 Å². The van der Waals surface area contributed by atoms with Crippen molar-refractivity contribution < 1.29 is 0 Å². The van der Waals surface area contributed by atoms with Crippen molar-refractivity contribution in [3.63, 3.8) is 0 Å². The SMILES string of the molecule is Cc1ccnc(Sc2nc3c(cc2CN)CCCC3)n1. The summed E-state index contributed by atoms with van der Waals surface area (Å²) in [5.74, 6) is 0. The lowest BCUT2D eigenvalue weighted by Gasteiger charge is -2.17. The molecule has 20 heavy (non-hydrogen) atoms. The smallest absolute Gasteiger partial charge is 0.194 e. The first-order chi connectivity index (χ1) is 9.76. The molecule has 104 valence electrons. The fourth-order valence-corrected chi connectivity index (χ4v) is 3.36. The first-order valence-corrected chi connectivity index (χ1v) is 7.77. The van der Waals surface area contributed by atoms with E-state index in [0.717, 1.165) is 34.3 Å². The Morgan fingerprint density at radius 2 is 2.10 bits per heavy atom. The van der Waals surface area contributed by atoms with Crippen molar-refractivity contribution in [2.75, 3.05) is 0 Å². The molecule has 5 heteroatoms. The minimum atomic E-state index is 0.508. The molecule has 2 heterocycles. The van der Waals surface area contributed by atoms with E-state index < -0.39 is 0 Å². The number of aromatic nitrogens is 3. The Morgan fingerprint density at radius 3 is 2.90 bits per heavy atom. The van der Waals surface area contributed by atoms with Crippen molar-refractivity contribution >= 4 is 11.8 Å². The molecule has 1 aliphatic rings. The molecule has 0 unspecified atom stereocenters. The summed E-state index contributed by atoms with van der Waals surface area (Å²) >= 11 is 1.51. The molecule has 4 nitrogen and oxygen atoms in total. The molecule has 0 radical (unpaired) electrons. The van der Waals surface area contributed by atoms with Crippen molar-refractivity contribution in [1.82, 2.24) is 15.0 Å². The second-order valence-electron chi connectivity index (χ2n) is 5.05. The van der Waals surface area contributed by atoms with E-state index in [-0.39, 0.29) is 0 Å². The van der Waals surface area contributed by atoms with E-state index in [1.54, 1.807) is 6.20 Å². The van der Waals surface area contributed by atoms with Gasteiger partial charge in [0.25, 0.3) is 0 Å². The number of rotatable bonds is 3. The van der Waals surface area contributed by atoms with Crippen LogP contribution in [0.15, 0.2) is 28.5 Å². The van der Waals surface area contributed by atoms with Crippen LogP contribution >= 0.6 is 11.8 Å². The lowest BCUT2D eigenvalue weighted by atomic mass is 9.95. The number of nitrogens with zero attached hydrogens (tertiary/aromatic N) is 3. The minimum absolute atomic E-state index is 0.508. The molecule has 0 aliphatic heterocycles. The summed E-state index contributed by atoms with van der Waals surface area (Å²) in [6.07, 6.45) is 6.47. The van der Waals surface area contributed by atoms with Crippen LogP contribution in [0.1, 0.15) is 35.4 Å². The third-order valence-electron chi connectivity index (χ3n) is 3.52. The van der Waals surface area contributed by atoms with Crippen LogP contribution < -0.4 is 5.73 Å². The van der Waals surface area contributed by atoms with Crippen molar-refractivity contribution in [3.05, 3.63) is 40.8 Å². The van der Waals surface area contributed by atoms with Gasteiger partial charge in [0.15, 0.2) is 5.16 Å². The molecule has 1 aliphatic carbocycles. The largest absolute Gasteiger partial charge is 0.326 e. The fraction of sp³-hybridized carbons (Fsp3) is 0.400. The predicted octanol–water partition coefficient (Wildman–Crippen LogP) is 2.67. The first kappa shape index (κ1) is 13.5. The molecule has 0 fully saturated rings. The van der Waals surface area contributed by atoms with E-state index in [4.69, 9.17) is 10.7 Å². The van der Waals surface area contributed by atoms with Crippen LogP contribution in [0.2, 0.25) is 0 Å². The van der Waals surface area contributed by atoms with Gasteiger partial charge in [0, 0.05) is 24.1 Å². The van der Waals surface area contributed by atoms with E-state index in [0.29, 0.717) is 6.54 Å². The molecule has 2 N–H and O–H groups in total. The zero-order valence-corrected chi connectivity index (χ0v) is 12.4. The van der Waals surface area contributed by atoms with Gasteiger partial charge in [0.2, 0.25) is 0 Å². The molecule has 0 saturated carbocycles. The molecule has 0 bridgehead atoms. The number of fused-ring (bicyclic) bond motifs is 1. The van der Waals surface area contributed by atoms with E-state index in [1.807, 2.05) is 13.0 Å². The third-order valence-corrected chi connectivity index (χ3v) is 4.45. The standard InChI is InChI=1S/C15H18N4S/c1-10-6-7-17-15(18-10)20-14-12(9-16)8-11-4-2-3-5-13(11)19-14/h6-8H,2-5,9,16H2,1H3. The van der Waals surface area contributed by atoms with Gasteiger partial charge in [-0.1, -0.05) is 6.07 Å². The van der Waals surface area contributed by atoms with Gasteiger partial charge >= 0.3 is 0 Å².